The van der Waals surface area contributed by atoms with Gasteiger partial charge in [0.2, 0.25) is 5.91 Å². The summed E-state index contributed by atoms with van der Waals surface area (Å²) in [7, 11) is -3.05. The van der Waals surface area contributed by atoms with E-state index >= 15 is 0 Å². The molecule has 4 rings (SSSR count). The largest absolute Gasteiger partial charge is 0.335 e. The van der Waals surface area contributed by atoms with Crippen LogP contribution in [-0.4, -0.2) is 49.4 Å². The van der Waals surface area contributed by atoms with Gasteiger partial charge in [-0.05, 0) is 37.3 Å². The first-order valence-electron chi connectivity index (χ1n) is 11.8. The molecule has 6 heteroatoms. The van der Waals surface area contributed by atoms with Gasteiger partial charge >= 0.3 is 0 Å². The molecule has 5 nitrogen and oxygen atoms in total. The van der Waals surface area contributed by atoms with Crippen molar-refractivity contribution in [3.05, 3.63) is 71.3 Å². The molecule has 0 aromatic heterocycles. The number of aryl methyl sites for hydroxylation is 1. The molecule has 1 aliphatic carbocycles. The highest BCUT2D eigenvalue weighted by Gasteiger charge is 2.38. The van der Waals surface area contributed by atoms with Crippen molar-refractivity contribution in [2.75, 3.05) is 18.1 Å². The van der Waals surface area contributed by atoms with Crippen LogP contribution in [-0.2, 0) is 14.6 Å². The normalized spacial score (nSPS) is 21.8. The molecular weight excluding hydrogens is 420 g/mol. The summed E-state index contributed by atoms with van der Waals surface area (Å²) < 4.78 is 24.3. The lowest BCUT2D eigenvalue weighted by Crippen LogP contribution is -2.51. The molecule has 2 fully saturated rings. The highest BCUT2D eigenvalue weighted by Crippen LogP contribution is 2.29. The first-order chi connectivity index (χ1) is 15.4. The minimum absolute atomic E-state index is 0.0204. The van der Waals surface area contributed by atoms with E-state index in [9.17, 15) is 13.2 Å². The van der Waals surface area contributed by atoms with Crippen LogP contribution in [0.25, 0.3) is 0 Å². The van der Waals surface area contributed by atoms with E-state index in [1.807, 2.05) is 23.1 Å². The fraction of sp³-hybridized carbons (Fsp3) is 0.500. The summed E-state index contributed by atoms with van der Waals surface area (Å²) >= 11 is 0. The highest BCUT2D eigenvalue weighted by atomic mass is 32.2. The molecule has 2 aromatic rings. The summed E-state index contributed by atoms with van der Waals surface area (Å²) in [6, 6.07) is 18.4. The third kappa shape index (κ3) is 5.59. The molecular formula is C26H34N2O3S. The standard InChI is InChI=1S/C26H34N2O3S/c1-20-12-14-22(15-13-20)26(21-8-4-2-5-9-21)27-18-25(29)28(23-10-6-3-7-11-23)24-16-17-32(30,31)19-24/h2,4-5,8-9,12-15,23-24,26-27H,3,6-7,10-11,16-19H2,1H3. The number of amides is 1. The van der Waals surface area contributed by atoms with Gasteiger partial charge in [-0.15, -0.1) is 0 Å². The molecule has 1 aliphatic heterocycles. The van der Waals surface area contributed by atoms with E-state index in [0.29, 0.717) is 6.42 Å². The van der Waals surface area contributed by atoms with E-state index in [-0.39, 0.29) is 42.1 Å². The fourth-order valence-corrected chi connectivity index (χ4v) is 6.88. The average Bonchev–Trinajstić information content (AvgIpc) is 3.16. The average molecular weight is 455 g/mol. The van der Waals surface area contributed by atoms with Crippen LogP contribution in [0, 0.1) is 6.92 Å². The lowest BCUT2D eigenvalue weighted by atomic mass is 9.92. The number of carbonyl (C=O) groups excluding carboxylic acids is 1. The summed E-state index contributed by atoms with van der Waals surface area (Å²) in [5, 5.41) is 3.49. The maximum absolute atomic E-state index is 13.5. The Labute approximate surface area is 192 Å². The van der Waals surface area contributed by atoms with E-state index in [0.717, 1.165) is 36.8 Å². The number of sulfone groups is 1. The van der Waals surface area contributed by atoms with Gasteiger partial charge in [0.25, 0.3) is 0 Å². The zero-order valence-corrected chi connectivity index (χ0v) is 19.7. The van der Waals surface area contributed by atoms with Crippen LogP contribution >= 0.6 is 0 Å². The number of rotatable bonds is 7. The second-order valence-electron chi connectivity index (χ2n) is 9.28. The van der Waals surface area contributed by atoms with Gasteiger partial charge in [-0.25, -0.2) is 8.42 Å². The van der Waals surface area contributed by atoms with Crippen molar-refractivity contribution in [1.82, 2.24) is 10.2 Å². The first-order valence-corrected chi connectivity index (χ1v) is 13.6. The maximum atomic E-state index is 13.5. The molecule has 1 saturated carbocycles. The molecule has 2 aliphatic rings. The minimum Gasteiger partial charge on any atom is -0.335 e. The van der Waals surface area contributed by atoms with Gasteiger partial charge in [0.15, 0.2) is 9.84 Å². The van der Waals surface area contributed by atoms with E-state index in [4.69, 9.17) is 0 Å². The van der Waals surface area contributed by atoms with Crippen molar-refractivity contribution in [3.63, 3.8) is 0 Å². The van der Waals surface area contributed by atoms with E-state index < -0.39 is 9.84 Å². The quantitative estimate of drug-likeness (QED) is 0.686. The zero-order valence-electron chi connectivity index (χ0n) is 18.9. The second kappa shape index (κ2) is 10.2. The predicted octanol–water partition coefficient (Wildman–Crippen LogP) is 4.02. The topological polar surface area (TPSA) is 66.5 Å². The third-order valence-corrected chi connectivity index (χ3v) is 8.61. The number of carbonyl (C=O) groups is 1. The van der Waals surface area contributed by atoms with Crippen molar-refractivity contribution >= 4 is 15.7 Å². The monoisotopic (exact) mass is 454 g/mol. The molecule has 2 atom stereocenters. The van der Waals surface area contributed by atoms with E-state index in [1.165, 1.54) is 12.0 Å². The summed E-state index contributed by atoms with van der Waals surface area (Å²) in [5.41, 5.74) is 3.42. The molecule has 2 unspecified atom stereocenters. The van der Waals surface area contributed by atoms with Gasteiger partial charge in [0.1, 0.15) is 0 Å². The first kappa shape index (κ1) is 23.0. The van der Waals surface area contributed by atoms with Crippen LogP contribution in [0.4, 0.5) is 0 Å². The van der Waals surface area contributed by atoms with Crippen molar-refractivity contribution < 1.29 is 13.2 Å². The summed E-state index contributed by atoms with van der Waals surface area (Å²) in [5.74, 6) is 0.319. The van der Waals surface area contributed by atoms with Gasteiger partial charge in [-0.1, -0.05) is 79.4 Å². The minimum atomic E-state index is -3.05. The number of hydrogen-bond donors (Lipinski definition) is 1. The highest BCUT2D eigenvalue weighted by molar-refractivity contribution is 7.91. The number of benzene rings is 2. The van der Waals surface area contributed by atoms with Gasteiger partial charge < -0.3 is 4.90 Å². The molecule has 172 valence electrons. The van der Waals surface area contributed by atoms with Crippen LogP contribution in [0.2, 0.25) is 0 Å². The van der Waals surface area contributed by atoms with Crippen LogP contribution in [0.5, 0.6) is 0 Å². The molecule has 1 N–H and O–H groups in total. The van der Waals surface area contributed by atoms with Gasteiger partial charge in [-0.3, -0.25) is 10.1 Å². The second-order valence-corrected chi connectivity index (χ2v) is 11.5. The van der Waals surface area contributed by atoms with Crippen LogP contribution < -0.4 is 5.32 Å². The number of hydrogen-bond acceptors (Lipinski definition) is 4. The van der Waals surface area contributed by atoms with Crippen molar-refractivity contribution in [3.8, 4) is 0 Å². The Morgan fingerprint density at radius 2 is 1.59 bits per heavy atom. The Morgan fingerprint density at radius 3 is 2.22 bits per heavy atom. The van der Waals surface area contributed by atoms with Crippen molar-refractivity contribution in [2.45, 2.75) is 63.6 Å². The molecule has 32 heavy (non-hydrogen) atoms. The molecule has 2 aromatic carbocycles. The van der Waals surface area contributed by atoms with E-state index in [1.54, 1.807) is 0 Å². The van der Waals surface area contributed by atoms with Crippen molar-refractivity contribution in [1.29, 1.82) is 0 Å². The molecule has 1 heterocycles. The fourth-order valence-electron chi connectivity index (χ4n) is 5.17. The third-order valence-electron chi connectivity index (χ3n) is 6.86. The molecule has 1 saturated heterocycles. The Morgan fingerprint density at radius 1 is 0.938 bits per heavy atom. The lowest BCUT2D eigenvalue weighted by molar-refractivity contribution is -0.135. The number of nitrogens with zero attached hydrogens (tertiary/aromatic N) is 1. The summed E-state index contributed by atoms with van der Waals surface area (Å²) in [6.07, 6.45) is 5.92. The van der Waals surface area contributed by atoms with Gasteiger partial charge in [0, 0.05) is 12.1 Å². The Hall–Kier alpha value is -2.18. The van der Waals surface area contributed by atoms with Crippen LogP contribution in [0.15, 0.2) is 54.6 Å². The van der Waals surface area contributed by atoms with Gasteiger partial charge in [0.05, 0.1) is 24.1 Å². The Balaban J connectivity index is 1.53. The van der Waals surface area contributed by atoms with Crippen LogP contribution in [0.1, 0.15) is 61.3 Å². The SMILES string of the molecule is Cc1ccc(C(NCC(=O)N(C2CCCCC2)C2CCS(=O)(=O)C2)c2ccccc2)cc1. The zero-order chi connectivity index (χ0) is 22.6. The number of nitrogens with one attached hydrogen (secondary N) is 1. The summed E-state index contributed by atoms with van der Waals surface area (Å²) in [6.45, 7) is 2.26. The van der Waals surface area contributed by atoms with Gasteiger partial charge in [-0.2, -0.15) is 0 Å². The molecule has 0 spiro atoms. The Kier molecular flexibility index (Phi) is 7.31. The Bertz CT molecular complexity index is 999. The smallest absolute Gasteiger partial charge is 0.237 e. The van der Waals surface area contributed by atoms with E-state index in [2.05, 4.69) is 48.6 Å². The predicted molar refractivity (Wildman–Crippen MR) is 128 cm³/mol. The molecule has 1 amide bonds. The maximum Gasteiger partial charge on any atom is 0.237 e. The van der Waals surface area contributed by atoms with Crippen LogP contribution in [0.3, 0.4) is 0 Å². The molecule has 0 bridgehead atoms. The summed E-state index contributed by atoms with van der Waals surface area (Å²) in [4.78, 5) is 15.5. The van der Waals surface area contributed by atoms with Crippen molar-refractivity contribution in [2.24, 2.45) is 0 Å². The molecule has 0 radical (unpaired) electrons. The lowest BCUT2D eigenvalue weighted by Gasteiger charge is -2.38.